The van der Waals surface area contributed by atoms with Crippen molar-refractivity contribution in [2.45, 2.75) is 32.3 Å². The highest BCUT2D eigenvalue weighted by atomic mass is 19.1. The lowest BCUT2D eigenvalue weighted by Crippen LogP contribution is -2.39. The number of rotatable bonds is 7. The fourth-order valence-corrected chi connectivity index (χ4v) is 4.46. The van der Waals surface area contributed by atoms with Crippen molar-refractivity contribution in [3.05, 3.63) is 59.5 Å². The van der Waals surface area contributed by atoms with Gasteiger partial charge in [-0.05, 0) is 80.8 Å². The van der Waals surface area contributed by atoms with E-state index in [1.165, 1.54) is 5.69 Å². The van der Waals surface area contributed by atoms with Crippen LogP contribution in [0, 0.1) is 12.7 Å². The minimum Gasteiger partial charge on any atom is -0.486 e. The van der Waals surface area contributed by atoms with Crippen molar-refractivity contribution in [2.75, 3.05) is 37.7 Å². The van der Waals surface area contributed by atoms with Crippen LogP contribution in [0.25, 0.3) is 10.9 Å². The van der Waals surface area contributed by atoms with Gasteiger partial charge in [-0.15, -0.1) is 0 Å². The van der Waals surface area contributed by atoms with E-state index < -0.39 is 0 Å². The molecule has 2 aliphatic heterocycles. The predicted octanol–water partition coefficient (Wildman–Crippen LogP) is 4.25. The molecule has 2 aromatic carbocycles. The average Bonchev–Trinajstić information content (AvgIpc) is 3.17. The third-order valence-corrected chi connectivity index (χ3v) is 6.07. The van der Waals surface area contributed by atoms with Crippen molar-refractivity contribution in [1.82, 2.24) is 10.3 Å². The molecule has 31 heavy (non-hydrogen) atoms. The number of ether oxygens (including phenoxy) is 2. The lowest BCUT2D eigenvalue weighted by atomic mass is 10.1. The van der Waals surface area contributed by atoms with Gasteiger partial charge in [0.05, 0.1) is 5.52 Å². The van der Waals surface area contributed by atoms with Gasteiger partial charge in [-0.1, -0.05) is 0 Å². The molecule has 1 N–H and O–H groups in total. The van der Waals surface area contributed by atoms with Gasteiger partial charge in [-0.3, -0.25) is 4.98 Å². The molecule has 0 aliphatic carbocycles. The van der Waals surface area contributed by atoms with Crippen molar-refractivity contribution in [2.24, 2.45) is 0 Å². The maximum absolute atomic E-state index is 13.4. The monoisotopic (exact) mass is 421 g/mol. The molecule has 3 heterocycles. The van der Waals surface area contributed by atoms with Crippen LogP contribution in [0.15, 0.2) is 42.5 Å². The first-order valence-corrected chi connectivity index (χ1v) is 11.1. The highest BCUT2D eigenvalue weighted by Crippen LogP contribution is 2.38. The van der Waals surface area contributed by atoms with Crippen LogP contribution >= 0.6 is 0 Å². The fourth-order valence-electron chi connectivity index (χ4n) is 4.46. The molecule has 0 fully saturated rings. The first-order chi connectivity index (χ1) is 15.2. The van der Waals surface area contributed by atoms with E-state index in [2.05, 4.69) is 21.3 Å². The lowest BCUT2D eigenvalue weighted by molar-refractivity contribution is 0.0925. The van der Waals surface area contributed by atoms with E-state index in [1.54, 1.807) is 12.1 Å². The molecule has 162 valence electrons. The Morgan fingerprint density at radius 1 is 1.16 bits per heavy atom. The highest BCUT2D eigenvalue weighted by Gasteiger charge is 2.23. The Bertz CT molecular complexity index is 1090. The quantitative estimate of drug-likeness (QED) is 0.578. The maximum atomic E-state index is 13.4. The van der Waals surface area contributed by atoms with Gasteiger partial charge in [-0.25, -0.2) is 4.39 Å². The molecule has 3 aromatic rings. The normalized spacial score (nSPS) is 17.2. The number of hydrogen-bond acceptors (Lipinski definition) is 5. The summed E-state index contributed by atoms with van der Waals surface area (Å²) < 4.78 is 25.6. The summed E-state index contributed by atoms with van der Waals surface area (Å²) in [4.78, 5) is 6.95. The fraction of sp³-hybridized carbons (Fsp3) is 0.400. The molecule has 0 saturated heterocycles. The second-order valence-electron chi connectivity index (χ2n) is 8.38. The lowest BCUT2D eigenvalue weighted by Gasteiger charge is -2.27. The number of unbranched alkanes of at least 4 members (excludes halogenated alkanes) is 1. The van der Waals surface area contributed by atoms with Crippen LogP contribution in [-0.4, -0.2) is 43.9 Å². The van der Waals surface area contributed by atoms with E-state index in [0.29, 0.717) is 6.61 Å². The molecule has 5 nitrogen and oxygen atoms in total. The van der Waals surface area contributed by atoms with E-state index >= 15 is 0 Å². The number of nitrogens with zero attached hydrogens (tertiary/aromatic N) is 2. The predicted molar refractivity (Wildman–Crippen MR) is 121 cm³/mol. The highest BCUT2D eigenvalue weighted by molar-refractivity contribution is 5.88. The maximum Gasteiger partial charge on any atom is 0.171 e. The van der Waals surface area contributed by atoms with E-state index in [-0.39, 0.29) is 11.9 Å². The largest absolute Gasteiger partial charge is 0.486 e. The summed E-state index contributed by atoms with van der Waals surface area (Å²) >= 11 is 0. The summed E-state index contributed by atoms with van der Waals surface area (Å²) in [5.41, 5.74) is 4.25. The van der Waals surface area contributed by atoms with Crippen LogP contribution in [0.4, 0.5) is 10.1 Å². The van der Waals surface area contributed by atoms with Crippen molar-refractivity contribution < 1.29 is 13.9 Å². The van der Waals surface area contributed by atoms with E-state index in [0.717, 1.165) is 79.1 Å². The van der Waals surface area contributed by atoms with Crippen molar-refractivity contribution in [1.29, 1.82) is 0 Å². The number of halogens is 1. The first kappa shape index (κ1) is 20.1. The molecule has 1 atom stereocenters. The van der Waals surface area contributed by atoms with Crippen molar-refractivity contribution >= 4 is 16.6 Å². The Hall–Kier alpha value is -2.86. The van der Waals surface area contributed by atoms with Crippen LogP contribution in [-0.2, 0) is 6.42 Å². The summed E-state index contributed by atoms with van der Waals surface area (Å²) in [6.45, 7) is 6.22. The van der Waals surface area contributed by atoms with Gasteiger partial charge < -0.3 is 19.7 Å². The Morgan fingerprint density at radius 2 is 2.10 bits per heavy atom. The number of aromatic nitrogens is 1. The Balaban J connectivity index is 1.07. The van der Waals surface area contributed by atoms with Crippen LogP contribution in [0.1, 0.15) is 24.1 Å². The summed E-state index contributed by atoms with van der Waals surface area (Å²) in [6, 6.07) is 13.1. The van der Waals surface area contributed by atoms with Crippen LogP contribution in [0.3, 0.4) is 0 Å². The van der Waals surface area contributed by atoms with Crippen LogP contribution < -0.4 is 19.7 Å². The number of benzene rings is 2. The van der Waals surface area contributed by atoms with E-state index in [9.17, 15) is 4.39 Å². The topological polar surface area (TPSA) is 46.6 Å². The van der Waals surface area contributed by atoms with Gasteiger partial charge in [0.25, 0.3) is 0 Å². The summed E-state index contributed by atoms with van der Waals surface area (Å²) in [7, 11) is 0. The molecule has 1 aromatic heterocycles. The molecule has 1 unspecified atom stereocenters. The minimum atomic E-state index is -0.138. The average molecular weight is 422 g/mol. The molecule has 6 heteroatoms. The Labute approximate surface area is 182 Å². The summed E-state index contributed by atoms with van der Waals surface area (Å²) in [5, 5.41) is 4.51. The summed E-state index contributed by atoms with van der Waals surface area (Å²) in [6.07, 6.45) is 3.11. The number of aryl methyl sites for hydroxylation is 1. The number of nitrogens with one attached hydrogen (secondary N) is 1. The zero-order valence-electron chi connectivity index (χ0n) is 17.9. The zero-order chi connectivity index (χ0) is 21.2. The molecule has 0 radical (unpaired) electrons. The Kier molecular flexibility index (Phi) is 5.64. The second kappa shape index (κ2) is 8.71. The SMILES string of the molecule is Cc1ccc2c3c(ccc2n1)OCC(CNCCCCN1CCc2cc(F)ccc21)O3. The van der Waals surface area contributed by atoms with Crippen LogP contribution in [0.2, 0.25) is 0 Å². The van der Waals surface area contributed by atoms with Gasteiger partial charge in [0, 0.05) is 36.4 Å². The molecular formula is C25H28FN3O2. The molecule has 2 aliphatic rings. The van der Waals surface area contributed by atoms with Crippen molar-refractivity contribution in [3.63, 3.8) is 0 Å². The second-order valence-corrected chi connectivity index (χ2v) is 8.38. The number of pyridine rings is 1. The van der Waals surface area contributed by atoms with E-state index in [1.807, 2.05) is 31.2 Å². The molecule has 0 bridgehead atoms. The van der Waals surface area contributed by atoms with Gasteiger partial charge >= 0.3 is 0 Å². The number of fused-ring (bicyclic) bond motifs is 4. The first-order valence-electron chi connectivity index (χ1n) is 11.1. The molecule has 0 spiro atoms. The minimum absolute atomic E-state index is 0.0141. The zero-order valence-corrected chi connectivity index (χ0v) is 17.9. The molecule has 0 saturated carbocycles. The smallest absolute Gasteiger partial charge is 0.171 e. The van der Waals surface area contributed by atoms with E-state index in [4.69, 9.17) is 9.47 Å². The van der Waals surface area contributed by atoms with Gasteiger partial charge in [-0.2, -0.15) is 0 Å². The molecule has 5 rings (SSSR count). The standard InChI is InChI=1S/C25H28FN3O2/c1-17-4-6-21-22(28-17)7-9-24-25(21)31-20(16-30-24)15-27-11-2-3-12-29-13-10-18-14-19(26)5-8-23(18)29/h4-9,14,20,27H,2-3,10-13,15-16H2,1H3. The number of hydrogen-bond donors (Lipinski definition) is 1. The van der Waals surface area contributed by atoms with Crippen molar-refractivity contribution in [3.8, 4) is 11.5 Å². The van der Waals surface area contributed by atoms with Crippen LogP contribution in [0.5, 0.6) is 11.5 Å². The number of anilines is 1. The van der Waals surface area contributed by atoms with Gasteiger partial charge in [0.15, 0.2) is 11.5 Å². The van der Waals surface area contributed by atoms with Gasteiger partial charge in [0.2, 0.25) is 0 Å². The van der Waals surface area contributed by atoms with Gasteiger partial charge in [0.1, 0.15) is 18.5 Å². The third-order valence-electron chi connectivity index (χ3n) is 6.07. The molecular weight excluding hydrogens is 393 g/mol. The Morgan fingerprint density at radius 3 is 3.03 bits per heavy atom. The third kappa shape index (κ3) is 4.30. The summed E-state index contributed by atoms with van der Waals surface area (Å²) in [5.74, 6) is 1.45. The molecule has 0 amide bonds.